The van der Waals surface area contributed by atoms with Crippen molar-refractivity contribution in [1.29, 1.82) is 0 Å². The molecule has 0 aromatic heterocycles. The lowest BCUT2D eigenvalue weighted by molar-refractivity contribution is -0.384. The first-order valence-electron chi connectivity index (χ1n) is 4.85. The molecule has 1 heterocycles. The maximum absolute atomic E-state index is 11.3. The van der Waals surface area contributed by atoms with Crippen molar-refractivity contribution in [2.75, 3.05) is 6.54 Å². The number of hydrogen-bond donors (Lipinski definition) is 0. The van der Waals surface area contributed by atoms with Gasteiger partial charge in [0.1, 0.15) is 0 Å². The summed E-state index contributed by atoms with van der Waals surface area (Å²) in [5, 5.41) is 10.4. The van der Waals surface area contributed by atoms with Crippen molar-refractivity contribution in [2.45, 2.75) is 6.54 Å². The second kappa shape index (κ2) is 4.14. The molecule has 0 N–H and O–H groups in total. The summed E-state index contributed by atoms with van der Waals surface area (Å²) in [4.78, 5) is 23.0. The lowest BCUT2D eigenvalue weighted by atomic mass is 10.2. The molecule has 5 heteroatoms. The van der Waals surface area contributed by atoms with Crippen LogP contribution in [0.3, 0.4) is 0 Å². The van der Waals surface area contributed by atoms with Crippen LogP contribution >= 0.6 is 0 Å². The van der Waals surface area contributed by atoms with Gasteiger partial charge in [-0.2, -0.15) is 0 Å². The molecule has 0 aliphatic carbocycles. The molecule has 5 nitrogen and oxygen atoms in total. The second-order valence-corrected chi connectivity index (χ2v) is 3.54. The van der Waals surface area contributed by atoms with Gasteiger partial charge in [-0.1, -0.05) is 18.2 Å². The molecule has 0 atom stereocenters. The number of rotatable bonds is 3. The third-order valence-corrected chi connectivity index (χ3v) is 2.42. The predicted molar refractivity (Wildman–Crippen MR) is 57.7 cm³/mol. The number of hydrogen-bond acceptors (Lipinski definition) is 3. The van der Waals surface area contributed by atoms with E-state index in [9.17, 15) is 14.9 Å². The molecule has 0 radical (unpaired) electrons. The first-order valence-corrected chi connectivity index (χ1v) is 4.85. The lowest BCUT2D eigenvalue weighted by Crippen LogP contribution is -2.24. The molecule has 2 rings (SSSR count). The maximum atomic E-state index is 11.3. The Morgan fingerprint density at radius 3 is 2.50 bits per heavy atom. The summed E-state index contributed by atoms with van der Waals surface area (Å²) in [6.07, 6.45) is 3.33. The van der Waals surface area contributed by atoms with Crippen LogP contribution in [0.15, 0.2) is 36.4 Å². The molecule has 0 bridgehead atoms. The fourth-order valence-electron chi connectivity index (χ4n) is 1.56. The number of nitro benzene ring substituents is 1. The minimum absolute atomic E-state index is 0.0154. The van der Waals surface area contributed by atoms with Crippen LogP contribution in [0.1, 0.15) is 5.56 Å². The number of nitrogens with zero attached hydrogens (tertiary/aromatic N) is 2. The van der Waals surface area contributed by atoms with Crippen LogP contribution in [0, 0.1) is 10.1 Å². The topological polar surface area (TPSA) is 63.5 Å². The molecule has 1 aromatic rings. The van der Waals surface area contributed by atoms with Gasteiger partial charge in [-0.3, -0.25) is 14.9 Å². The van der Waals surface area contributed by atoms with Gasteiger partial charge >= 0.3 is 0 Å². The van der Waals surface area contributed by atoms with E-state index in [0.717, 1.165) is 5.56 Å². The third-order valence-electron chi connectivity index (χ3n) is 2.42. The number of carbonyl (C=O) groups is 1. The van der Waals surface area contributed by atoms with E-state index in [2.05, 4.69) is 0 Å². The lowest BCUT2D eigenvalue weighted by Gasteiger charge is -2.15. The SMILES string of the molecule is O=C1C=CCN1Cc1ccc([N+](=O)[O-])cc1. The fraction of sp³-hybridized carbons (Fsp3) is 0.182. The summed E-state index contributed by atoms with van der Waals surface area (Å²) in [6.45, 7) is 1.10. The highest BCUT2D eigenvalue weighted by atomic mass is 16.6. The minimum atomic E-state index is -0.438. The van der Waals surface area contributed by atoms with Crippen LogP contribution in [0.4, 0.5) is 5.69 Å². The van der Waals surface area contributed by atoms with Crippen molar-refractivity contribution >= 4 is 11.6 Å². The Hall–Kier alpha value is -2.17. The zero-order valence-electron chi connectivity index (χ0n) is 8.50. The van der Waals surface area contributed by atoms with Gasteiger partial charge in [-0.25, -0.2) is 0 Å². The quantitative estimate of drug-likeness (QED) is 0.570. The van der Waals surface area contributed by atoms with Gasteiger partial charge in [0.25, 0.3) is 5.69 Å². The van der Waals surface area contributed by atoms with Crippen molar-refractivity contribution in [2.24, 2.45) is 0 Å². The van der Waals surface area contributed by atoms with E-state index in [4.69, 9.17) is 0 Å². The Kier molecular flexibility index (Phi) is 2.68. The van der Waals surface area contributed by atoms with Crippen molar-refractivity contribution in [3.05, 3.63) is 52.1 Å². The minimum Gasteiger partial charge on any atom is -0.331 e. The van der Waals surface area contributed by atoms with Crippen molar-refractivity contribution in [3.63, 3.8) is 0 Å². The van der Waals surface area contributed by atoms with Crippen molar-refractivity contribution in [1.82, 2.24) is 4.90 Å². The first-order chi connectivity index (χ1) is 7.66. The third kappa shape index (κ3) is 2.08. The van der Waals surface area contributed by atoms with E-state index in [1.54, 1.807) is 23.1 Å². The molecule has 1 aromatic carbocycles. The van der Waals surface area contributed by atoms with E-state index in [1.165, 1.54) is 18.2 Å². The van der Waals surface area contributed by atoms with Crippen LogP contribution in [-0.4, -0.2) is 22.3 Å². The van der Waals surface area contributed by atoms with Crippen LogP contribution in [0.5, 0.6) is 0 Å². The molecule has 0 fully saturated rings. The fourth-order valence-corrected chi connectivity index (χ4v) is 1.56. The average molecular weight is 218 g/mol. The van der Waals surface area contributed by atoms with E-state index >= 15 is 0 Å². The molecule has 82 valence electrons. The molecule has 16 heavy (non-hydrogen) atoms. The largest absolute Gasteiger partial charge is 0.331 e. The zero-order valence-corrected chi connectivity index (χ0v) is 8.50. The number of amides is 1. The molecule has 1 aliphatic heterocycles. The summed E-state index contributed by atoms with van der Waals surface area (Å²) < 4.78 is 0. The van der Waals surface area contributed by atoms with Gasteiger partial charge in [0, 0.05) is 31.3 Å². The highest BCUT2D eigenvalue weighted by Crippen LogP contribution is 2.14. The molecule has 0 spiro atoms. The molecule has 0 saturated carbocycles. The zero-order chi connectivity index (χ0) is 11.5. The van der Waals surface area contributed by atoms with Gasteiger partial charge in [-0.05, 0) is 5.56 Å². The smallest absolute Gasteiger partial charge is 0.269 e. The Balaban J connectivity index is 2.05. The van der Waals surface area contributed by atoms with Crippen molar-refractivity contribution < 1.29 is 9.72 Å². The number of benzene rings is 1. The summed E-state index contributed by atoms with van der Waals surface area (Å²) in [7, 11) is 0. The van der Waals surface area contributed by atoms with E-state index in [0.29, 0.717) is 13.1 Å². The van der Waals surface area contributed by atoms with Gasteiger partial charge in [0.2, 0.25) is 5.91 Å². The van der Waals surface area contributed by atoms with Crippen LogP contribution in [0.2, 0.25) is 0 Å². The number of carbonyl (C=O) groups excluding carboxylic acids is 1. The molecular weight excluding hydrogens is 208 g/mol. The van der Waals surface area contributed by atoms with Crippen LogP contribution < -0.4 is 0 Å². The molecular formula is C11H10N2O3. The maximum Gasteiger partial charge on any atom is 0.269 e. The van der Waals surface area contributed by atoms with Crippen LogP contribution in [0.25, 0.3) is 0 Å². The van der Waals surface area contributed by atoms with Gasteiger partial charge in [0.05, 0.1) is 4.92 Å². The van der Waals surface area contributed by atoms with E-state index < -0.39 is 4.92 Å². The first kappa shape index (κ1) is 10.4. The number of non-ortho nitro benzene ring substituents is 1. The highest BCUT2D eigenvalue weighted by Gasteiger charge is 2.14. The second-order valence-electron chi connectivity index (χ2n) is 3.54. The number of nitro groups is 1. The van der Waals surface area contributed by atoms with Gasteiger partial charge in [-0.15, -0.1) is 0 Å². The van der Waals surface area contributed by atoms with Crippen molar-refractivity contribution in [3.8, 4) is 0 Å². The average Bonchev–Trinajstić information content (AvgIpc) is 2.65. The summed E-state index contributed by atoms with van der Waals surface area (Å²) in [6, 6.07) is 6.24. The predicted octanol–water partition coefficient (Wildman–Crippen LogP) is 1.49. The molecule has 0 unspecified atom stereocenters. The van der Waals surface area contributed by atoms with Gasteiger partial charge in [0.15, 0.2) is 0 Å². The Labute approximate surface area is 92.1 Å². The normalized spacial score (nSPS) is 14.5. The summed E-state index contributed by atoms with van der Waals surface area (Å²) in [5.74, 6) is -0.0154. The Bertz CT molecular complexity index is 451. The van der Waals surface area contributed by atoms with E-state index in [-0.39, 0.29) is 11.6 Å². The standard InChI is InChI=1S/C11H10N2O3/c14-11-2-1-7-12(11)8-9-3-5-10(6-4-9)13(15)16/h1-6H,7-8H2. The van der Waals surface area contributed by atoms with E-state index in [1.807, 2.05) is 0 Å². The van der Waals surface area contributed by atoms with Crippen LogP contribution in [-0.2, 0) is 11.3 Å². The molecule has 0 saturated heterocycles. The molecule has 1 amide bonds. The summed E-state index contributed by atoms with van der Waals surface area (Å²) in [5.41, 5.74) is 0.956. The highest BCUT2D eigenvalue weighted by molar-refractivity contribution is 5.89. The Morgan fingerprint density at radius 1 is 1.31 bits per heavy atom. The monoisotopic (exact) mass is 218 g/mol. The summed E-state index contributed by atoms with van der Waals surface area (Å²) >= 11 is 0. The van der Waals surface area contributed by atoms with Gasteiger partial charge < -0.3 is 4.90 Å². The molecule has 1 aliphatic rings. The Morgan fingerprint density at radius 2 is 2.00 bits per heavy atom.